The van der Waals surface area contributed by atoms with Crippen LogP contribution in [0.3, 0.4) is 0 Å². The van der Waals surface area contributed by atoms with Crippen molar-refractivity contribution in [3.8, 4) is 5.75 Å². The number of hydrogen-bond donors (Lipinski definition) is 2. The second kappa shape index (κ2) is 5.11. The van der Waals surface area contributed by atoms with E-state index >= 15 is 0 Å². The average molecular weight is 263 g/mol. The molecule has 1 unspecified atom stereocenters. The largest absolute Gasteiger partial charge is 0.495 e. The summed E-state index contributed by atoms with van der Waals surface area (Å²) in [6.07, 6.45) is 3.38. The number of benzene rings is 1. The maximum Gasteiger partial charge on any atom is 0.335 e. The maximum absolute atomic E-state index is 11.0. The van der Waals surface area contributed by atoms with E-state index in [1.54, 1.807) is 25.3 Å². The number of nitrogens with one attached hydrogen (secondary N) is 1. The van der Waals surface area contributed by atoms with E-state index in [1.165, 1.54) is 6.42 Å². The van der Waals surface area contributed by atoms with Gasteiger partial charge in [-0.15, -0.1) is 0 Å². The normalized spacial score (nSPS) is 21.1. The van der Waals surface area contributed by atoms with Crippen molar-refractivity contribution >= 4 is 11.7 Å². The van der Waals surface area contributed by atoms with E-state index in [1.807, 2.05) is 0 Å². The molecule has 1 fully saturated rings. The fraction of sp³-hybridized carbons (Fsp3) is 0.533. The van der Waals surface area contributed by atoms with Crippen LogP contribution in [-0.4, -0.2) is 24.2 Å². The van der Waals surface area contributed by atoms with Crippen LogP contribution in [-0.2, 0) is 0 Å². The number of aromatic carboxylic acids is 1. The van der Waals surface area contributed by atoms with Crippen LogP contribution in [0.25, 0.3) is 0 Å². The highest BCUT2D eigenvalue weighted by Gasteiger charge is 2.31. The van der Waals surface area contributed by atoms with Crippen LogP contribution in [0.4, 0.5) is 5.69 Å². The highest BCUT2D eigenvalue weighted by Crippen LogP contribution is 2.39. The van der Waals surface area contributed by atoms with Crippen molar-refractivity contribution in [3.05, 3.63) is 23.8 Å². The van der Waals surface area contributed by atoms with Gasteiger partial charge in [-0.25, -0.2) is 4.79 Å². The number of carboxylic acid groups (broad SMARTS) is 1. The second-order valence-electron chi connectivity index (χ2n) is 5.97. The third-order valence-corrected chi connectivity index (χ3v) is 3.77. The van der Waals surface area contributed by atoms with Crippen molar-refractivity contribution in [2.45, 2.75) is 39.2 Å². The van der Waals surface area contributed by atoms with Gasteiger partial charge in [0, 0.05) is 6.04 Å². The lowest BCUT2D eigenvalue weighted by molar-refractivity contribution is 0.0697. The molecule has 2 N–H and O–H groups in total. The summed E-state index contributed by atoms with van der Waals surface area (Å²) in [5, 5.41) is 12.5. The summed E-state index contributed by atoms with van der Waals surface area (Å²) in [6.45, 7) is 4.53. The zero-order valence-electron chi connectivity index (χ0n) is 11.7. The van der Waals surface area contributed by atoms with Gasteiger partial charge >= 0.3 is 5.97 Å². The van der Waals surface area contributed by atoms with Gasteiger partial charge in [0.15, 0.2) is 0 Å². The first-order chi connectivity index (χ1) is 8.91. The molecule has 4 heteroatoms. The van der Waals surface area contributed by atoms with Crippen LogP contribution in [0.15, 0.2) is 18.2 Å². The molecule has 4 nitrogen and oxygen atoms in total. The van der Waals surface area contributed by atoms with E-state index in [9.17, 15) is 4.79 Å². The lowest BCUT2D eigenvalue weighted by Gasteiger charge is -2.20. The number of carbonyl (C=O) groups is 1. The summed E-state index contributed by atoms with van der Waals surface area (Å²) >= 11 is 0. The lowest BCUT2D eigenvalue weighted by atomic mass is 9.92. The monoisotopic (exact) mass is 263 g/mol. The fourth-order valence-corrected chi connectivity index (χ4v) is 2.73. The number of rotatable bonds is 4. The summed E-state index contributed by atoms with van der Waals surface area (Å²) in [5.41, 5.74) is 1.40. The third kappa shape index (κ3) is 3.19. The Morgan fingerprint density at radius 1 is 1.47 bits per heavy atom. The van der Waals surface area contributed by atoms with Gasteiger partial charge < -0.3 is 15.2 Å². The van der Waals surface area contributed by atoms with Crippen molar-refractivity contribution in [3.63, 3.8) is 0 Å². The number of anilines is 1. The van der Waals surface area contributed by atoms with Gasteiger partial charge in [-0.1, -0.05) is 13.8 Å². The standard InChI is InChI=1S/C15H21NO3/c1-15(2)7-6-11(9-15)16-12-8-10(14(17)18)4-5-13(12)19-3/h4-5,8,11,16H,6-7,9H2,1-3H3,(H,17,18). The molecule has 0 heterocycles. The average Bonchev–Trinajstić information content (AvgIpc) is 2.68. The Kier molecular flexibility index (Phi) is 3.69. The van der Waals surface area contributed by atoms with Crippen LogP contribution >= 0.6 is 0 Å². The first kappa shape index (κ1) is 13.7. The van der Waals surface area contributed by atoms with Crippen LogP contribution in [0.1, 0.15) is 43.5 Å². The van der Waals surface area contributed by atoms with E-state index in [0.29, 0.717) is 17.2 Å². The molecule has 0 radical (unpaired) electrons. The van der Waals surface area contributed by atoms with Crippen molar-refractivity contribution in [1.82, 2.24) is 0 Å². The third-order valence-electron chi connectivity index (χ3n) is 3.77. The second-order valence-corrected chi connectivity index (χ2v) is 5.97. The summed E-state index contributed by atoms with van der Waals surface area (Å²) in [6, 6.07) is 5.29. The van der Waals surface area contributed by atoms with Crippen molar-refractivity contribution in [1.29, 1.82) is 0 Å². The van der Waals surface area contributed by atoms with Crippen LogP contribution < -0.4 is 10.1 Å². The van der Waals surface area contributed by atoms with Crippen LogP contribution in [0.5, 0.6) is 5.75 Å². The molecular weight excluding hydrogens is 242 g/mol. The van der Waals surface area contributed by atoms with Gasteiger partial charge in [-0.05, 0) is 42.9 Å². The van der Waals surface area contributed by atoms with Gasteiger partial charge in [0.1, 0.15) is 5.75 Å². The molecule has 19 heavy (non-hydrogen) atoms. The highest BCUT2D eigenvalue weighted by molar-refractivity contribution is 5.89. The Bertz CT molecular complexity index is 482. The number of ether oxygens (including phenoxy) is 1. The molecule has 1 aliphatic rings. The zero-order chi connectivity index (χ0) is 14.0. The van der Waals surface area contributed by atoms with Gasteiger partial charge in [0.2, 0.25) is 0 Å². The number of methoxy groups -OCH3 is 1. The quantitative estimate of drug-likeness (QED) is 0.874. The zero-order valence-corrected chi connectivity index (χ0v) is 11.7. The summed E-state index contributed by atoms with van der Waals surface area (Å²) in [5.74, 6) is -0.229. The van der Waals surface area contributed by atoms with Crippen molar-refractivity contribution in [2.24, 2.45) is 5.41 Å². The molecule has 1 aliphatic carbocycles. The topological polar surface area (TPSA) is 58.6 Å². The minimum atomic E-state index is -0.919. The minimum Gasteiger partial charge on any atom is -0.495 e. The molecular formula is C15H21NO3. The smallest absolute Gasteiger partial charge is 0.335 e. The predicted molar refractivity (Wildman–Crippen MR) is 75.0 cm³/mol. The Balaban J connectivity index is 2.18. The number of hydrogen-bond acceptors (Lipinski definition) is 3. The summed E-state index contributed by atoms with van der Waals surface area (Å²) < 4.78 is 5.29. The summed E-state index contributed by atoms with van der Waals surface area (Å²) in [4.78, 5) is 11.0. The first-order valence-electron chi connectivity index (χ1n) is 6.59. The van der Waals surface area contributed by atoms with Gasteiger partial charge in [-0.3, -0.25) is 0 Å². The molecule has 1 aromatic rings. The lowest BCUT2D eigenvalue weighted by Crippen LogP contribution is -2.18. The Labute approximate surface area is 113 Å². The molecule has 104 valence electrons. The van der Waals surface area contributed by atoms with E-state index < -0.39 is 5.97 Å². The Morgan fingerprint density at radius 3 is 2.74 bits per heavy atom. The van der Waals surface area contributed by atoms with Crippen molar-refractivity contribution in [2.75, 3.05) is 12.4 Å². The molecule has 0 amide bonds. The van der Waals surface area contributed by atoms with E-state index in [2.05, 4.69) is 19.2 Å². The predicted octanol–water partition coefficient (Wildman–Crippen LogP) is 3.38. The molecule has 0 bridgehead atoms. The van der Waals surface area contributed by atoms with Crippen LogP contribution in [0, 0.1) is 5.41 Å². The highest BCUT2D eigenvalue weighted by atomic mass is 16.5. The molecule has 1 atom stereocenters. The fourth-order valence-electron chi connectivity index (χ4n) is 2.73. The van der Waals surface area contributed by atoms with Crippen molar-refractivity contribution < 1.29 is 14.6 Å². The minimum absolute atomic E-state index is 0.278. The molecule has 2 rings (SSSR count). The molecule has 1 saturated carbocycles. The SMILES string of the molecule is COc1ccc(C(=O)O)cc1NC1CCC(C)(C)C1. The van der Waals surface area contributed by atoms with Gasteiger partial charge in [0.25, 0.3) is 0 Å². The van der Waals surface area contributed by atoms with E-state index in [4.69, 9.17) is 9.84 Å². The van der Waals surface area contributed by atoms with E-state index in [-0.39, 0.29) is 5.56 Å². The summed E-state index contributed by atoms with van der Waals surface area (Å²) in [7, 11) is 1.60. The first-order valence-corrected chi connectivity index (χ1v) is 6.59. The Hall–Kier alpha value is -1.71. The van der Waals surface area contributed by atoms with E-state index in [0.717, 1.165) is 18.5 Å². The Morgan fingerprint density at radius 2 is 2.21 bits per heavy atom. The molecule has 0 aliphatic heterocycles. The van der Waals surface area contributed by atoms with Gasteiger partial charge in [0.05, 0.1) is 18.4 Å². The van der Waals surface area contributed by atoms with Gasteiger partial charge in [-0.2, -0.15) is 0 Å². The molecule has 0 aromatic heterocycles. The molecule has 1 aromatic carbocycles. The maximum atomic E-state index is 11.0. The molecule has 0 spiro atoms. The molecule has 0 saturated heterocycles. The van der Waals surface area contributed by atoms with Crippen LogP contribution in [0.2, 0.25) is 0 Å². The number of carboxylic acids is 1.